The molecule has 1 saturated carbocycles. The van der Waals surface area contributed by atoms with Crippen molar-refractivity contribution in [1.82, 2.24) is 5.32 Å². The molecule has 1 atom stereocenters. The molecule has 3 heteroatoms. The third kappa shape index (κ3) is 3.48. The van der Waals surface area contributed by atoms with Gasteiger partial charge in [-0.25, -0.2) is 0 Å². The van der Waals surface area contributed by atoms with Gasteiger partial charge in [0.2, 0.25) is 0 Å². The zero-order valence-corrected chi connectivity index (χ0v) is 11.7. The van der Waals surface area contributed by atoms with Gasteiger partial charge in [-0.3, -0.25) is 0 Å². The van der Waals surface area contributed by atoms with Crippen molar-refractivity contribution in [2.75, 3.05) is 18.0 Å². The Balaban J connectivity index is 1.61. The average Bonchev–Trinajstić information content (AvgIpc) is 3.20. The maximum Gasteiger partial charge on any atom is 0.0794 e. The number of rotatable bonds is 4. The summed E-state index contributed by atoms with van der Waals surface area (Å²) < 4.78 is 0. The minimum Gasteiger partial charge on any atom is -0.388 e. The van der Waals surface area contributed by atoms with Crippen LogP contribution in [0.3, 0.4) is 0 Å². The Kier molecular flexibility index (Phi) is 3.50. The van der Waals surface area contributed by atoms with Crippen molar-refractivity contribution in [2.45, 2.75) is 50.8 Å². The van der Waals surface area contributed by atoms with E-state index in [0.29, 0.717) is 0 Å². The zero-order chi connectivity index (χ0) is 13.3. The van der Waals surface area contributed by atoms with Gasteiger partial charge in [-0.2, -0.15) is 0 Å². The van der Waals surface area contributed by atoms with E-state index in [0.717, 1.165) is 38.5 Å². The molecule has 0 aromatic heterocycles. The van der Waals surface area contributed by atoms with Crippen molar-refractivity contribution < 1.29 is 5.11 Å². The lowest BCUT2D eigenvalue weighted by atomic mass is 9.95. The van der Waals surface area contributed by atoms with Gasteiger partial charge >= 0.3 is 0 Å². The number of benzene rings is 1. The van der Waals surface area contributed by atoms with Crippen molar-refractivity contribution >= 4 is 5.69 Å². The smallest absolute Gasteiger partial charge is 0.0794 e. The van der Waals surface area contributed by atoms with Crippen molar-refractivity contribution in [3.63, 3.8) is 0 Å². The molecule has 2 N–H and O–H groups in total. The van der Waals surface area contributed by atoms with E-state index in [2.05, 4.69) is 34.5 Å². The number of hydrogen-bond acceptors (Lipinski definition) is 3. The Morgan fingerprint density at radius 3 is 2.68 bits per heavy atom. The molecule has 0 radical (unpaired) electrons. The van der Waals surface area contributed by atoms with Crippen LogP contribution in [0.5, 0.6) is 0 Å². The van der Waals surface area contributed by atoms with Crippen LogP contribution in [0.4, 0.5) is 5.69 Å². The minimum atomic E-state index is -0.537. The molecular weight excluding hydrogens is 236 g/mol. The molecule has 104 valence electrons. The summed E-state index contributed by atoms with van der Waals surface area (Å²) in [7, 11) is 0. The van der Waals surface area contributed by atoms with E-state index in [1.807, 2.05) is 6.92 Å². The predicted octanol–water partition coefficient (Wildman–Crippen LogP) is 2.29. The lowest BCUT2D eigenvalue weighted by Crippen LogP contribution is -2.46. The number of nitrogens with zero attached hydrogens (tertiary/aromatic N) is 1. The molecule has 1 aliphatic heterocycles. The van der Waals surface area contributed by atoms with Crippen LogP contribution in [0.1, 0.15) is 38.2 Å². The van der Waals surface area contributed by atoms with Crippen LogP contribution in [0.15, 0.2) is 24.3 Å². The number of nitrogens with one attached hydrogen (secondary N) is 1. The Morgan fingerprint density at radius 2 is 2.05 bits per heavy atom. The van der Waals surface area contributed by atoms with Gasteiger partial charge in [0.05, 0.1) is 5.60 Å². The second kappa shape index (κ2) is 5.14. The molecule has 0 spiro atoms. The molecule has 0 amide bonds. The van der Waals surface area contributed by atoms with Gasteiger partial charge in [0, 0.05) is 31.4 Å². The first-order valence-electron chi connectivity index (χ1n) is 7.42. The van der Waals surface area contributed by atoms with Crippen LogP contribution in [0.2, 0.25) is 0 Å². The highest BCUT2D eigenvalue weighted by molar-refractivity contribution is 5.48. The third-order valence-corrected chi connectivity index (χ3v) is 4.15. The summed E-state index contributed by atoms with van der Waals surface area (Å²) in [6, 6.07) is 9.54. The van der Waals surface area contributed by atoms with E-state index in [9.17, 15) is 5.11 Å². The number of aliphatic hydroxyl groups is 1. The van der Waals surface area contributed by atoms with Gasteiger partial charge < -0.3 is 15.3 Å². The number of piperidine rings is 1. The predicted molar refractivity (Wildman–Crippen MR) is 78.4 cm³/mol. The summed E-state index contributed by atoms with van der Waals surface area (Å²) in [5.41, 5.74) is 2.04. The summed E-state index contributed by atoms with van der Waals surface area (Å²) in [6.45, 7) is 4.71. The Morgan fingerprint density at radius 1 is 1.32 bits per heavy atom. The molecule has 1 heterocycles. The standard InChI is InChI=1S/C16H24N2O/c1-16(19)9-2-10-18(12-16)15-7-3-13(4-8-15)11-17-14-5-6-14/h3-4,7-8,14,17,19H,2,5-6,9-12H2,1H3. The largest absolute Gasteiger partial charge is 0.388 e. The normalized spacial score (nSPS) is 27.6. The molecule has 1 aliphatic carbocycles. The lowest BCUT2D eigenvalue weighted by Gasteiger charge is -2.38. The molecule has 19 heavy (non-hydrogen) atoms. The van der Waals surface area contributed by atoms with Crippen molar-refractivity contribution in [1.29, 1.82) is 0 Å². The van der Waals surface area contributed by atoms with Crippen LogP contribution >= 0.6 is 0 Å². The second-order valence-electron chi connectivity index (χ2n) is 6.34. The quantitative estimate of drug-likeness (QED) is 0.872. The molecule has 3 nitrogen and oxygen atoms in total. The summed E-state index contributed by atoms with van der Waals surface area (Å²) in [5, 5.41) is 13.7. The molecular formula is C16H24N2O. The highest BCUT2D eigenvalue weighted by Gasteiger charge is 2.28. The van der Waals surface area contributed by atoms with Gasteiger partial charge in [0.15, 0.2) is 0 Å². The molecule has 1 aromatic carbocycles. The van der Waals surface area contributed by atoms with Gasteiger partial charge in [0.1, 0.15) is 0 Å². The van der Waals surface area contributed by atoms with Gasteiger partial charge in [0.25, 0.3) is 0 Å². The van der Waals surface area contributed by atoms with Crippen LogP contribution in [0, 0.1) is 0 Å². The molecule has 1 aromatic rings. The van der Waals surface area contributed by atoms with E-state index in [1.54, 1.807) is 0 Å². The van der Waals surface area contributed by atoms with Crippen LogP contribution < -0.4 is 10.2 Å². The summed E-state index contributed by atoms with van der Waals surface area (Å²) in [5.74, 6) is 0. The maximum absolute atomic E-state index is 10.2. The third-order valence-electron chi connectivity index (χ3n) is 4.15. The van der Waals surface area contributed by atoms with Crippen LogP contribution in [-0.4, -0.2) is 29.8 Å². The topological polar surface area (TPSA) is 35.5 Å². The van der Waals surface area contributed by atoms with Crippen molar-refractivity contribution in [2.24, 2.45) is 0 Å². The number of anilines is 1. The van der Waals surface area contributed by atoms with E-state index in [4.69, 9.17) is 0 Å². The molecule has 2 aliphatic rings. The van der Waals surface area contributed by atoms with Gasteiger partial charge in [-0.1, -0.05) is 12.1 Å². The Hall–Kier alpha value is -1.06. The lowest BCUT2D eigenvalue weighted by molar-refractivity contribution is 0.0449. The SMILES string of the molecule is CC1(O)CCCN(c2ccc(CNC3CC3)cc2)C1. The molecule has 2 fully saturated rings. The first-order chi connectivity index (χ1) is 9.12. The molecule has 1 unspecified atom stereocenters. The van der Waals surface area contributed by atoms with Crippen LogP contribution in [0.25, 0.3) is 0 Å². The zero-order valence-electron chi connectivity index (χ0n) is 11.7. The average molecular weight is 260 g/mol. The van der Waals surface area contributed by atoms with E-state index in [1.165, 1.54) is 24.1 Å². The van der Waals surface area contributed by atoms with Gasteiger partial charge in [-0.15, -0.1) is 0 Å². The molecule has 3 rings (SSSR count). The monoisotopic (exact) mass is 260 g/mol. The fourth-order valence-electron chi connectivity index (χ4n) is 2.81. The first-order valence-corrected chi connectivity index (χ1v) is 7.42. The summed E-state index contributed by atoms with van der Waals surface area (Å²) in [4.78, 5) is 2.29. The highest BCUT2D eigenvalue weighted by atomic mass is 16.3. The number of hydrogen-bond donors (Lipinski definition) is 2. The fourth-order valence-corrected chi connectivity index (χ4v) is 2.81. The van der Waals surface area contributed by atoms with Crippen molar-refractivity contribution in [3.8, 4) is 0 Å². The summed E-state index contributed by atoms with van der Waals surface area (Å²) >= 11 is 0. The first kappa shape index (κ1) is 12.9. The number of β-amino-alcohol motifs (C(OH)–C–C–N with tert-alkyl or cyclic N) is 1. The second-order valence-corrected chi connectivity index (χ2v) is 6.34. The fraction of sp³-hybridized carbons (Fsp3) is 0.625. The Labute approximate surface area is 115 Å². The minimum absolute atomic E-state index is 0.537. The van der Waals surface area contributed by atoms with E-state index in [-0.39, 0.29) is 0 Å². The van der Waals surface area contributed by atoms with Gasteiger partial charge in [-0.05, 0) is 50.3 Å². The molecule has 0 bridgehead atoms. The van der Waals surface area contributed by atoms with Crippen LogP contribution in [-0.2, 0) is 6.54 Å². The molecule has 1 saturated heterocycles. The van der Waals surface area contributed by atoms with E-state index < -0.39 is 5.60 Å². The van der Waals surface area contributed by atoms with E-state index >= 15 is 0 Å². The van der Waals surface area contributed by atoms with Crippen molar-refractivity contribution in [3.05, 3.63) is 29.8 Å². The highest BCUT2D eigenvalue weighted by Crippen LogP contribution is 2.26. The summed E-state index contributed by atoms with van der Waals surface area (Å²) in [6.07, 6.45) is 4.65. The maximum atomic E-state index is 10.2. The Bertz CT molecular complexity index is 423.